The number of aryl methyl sites for hydroxylation is 1. The minimum Gasteiger partial charge on any atom is -0.479 e. The molecule has 0 radical (unpaired) electrons. The summed E-state index contributed by atoms with van der Waals surface area (Å²) in [5.74, 6) is -2.95. The van der Waals surface area contributed by atoms with Crippen molar-refractivity contribution in [2.24, 2.45) is 11.7 Å². The Labute approximate surface area is 184 Å². The van der Waals surface area contributed by atoms with Crippen LogP contribution in [0.25, 0.3) is 0 Å². The fraction of sp³-hybridized carbons (Fsp3) is 0.636. The Bertz CT molecular complexity index is 739. The molecule has 174 valence electrons. The first kappa shape index (κ1) is 25.5. The minimum absolute atomic E-state index is 0.0937. The van der Waals surface area contributed by atoms with Crippen LogP contribution < -0.4 is 11.1 Å². The third-order valence-electron chi connectivity index (χ3n) is 5.71. The molecule has 31 heavy (non-hydrogen) atoms. The van der Waals surface area contributed by atoms with Crippen molar-refractivity contribution in [1.29, 1.82) is 0 Å². The Morgan fingerprint density at radius 1 is 1.16 bits per heavy atom. The second-order valence-corrected chi connectivity index (χ2v) is 10.1. The maximum absolute atomic E-state index is 13.2. The summed E-state index contributed by atoms with van der Waals surface area (Å²) in [5, 5.41) is 12.2. The number of carboxylic acid groups (broad SMARTS) is 1. The van der Waals surface area contributed by atoms with Gasteiger partial charge in [0.25, 0.3) is 0 Å². The molecule has 0 heterocycles. The second-order valence-electron chi connectivity index (χ2n) is 8.18. The van der Waals surface area contributed by atoms with Crippen LogP contribution >= 0.6 is 7.60 Å². The first-order valence-electron chi connectivity index (χ1n) is 11.1. The van der Waals surface area contributed by atoms with Crippen LogP contribution in [0.2, 0.25) is 0 Å². The molecule has 1 aliphatic carbocycles. The van der Waals surface area contributed by atoms with E-state index in [4.69, 9.17) is 10.3 Å². The van der Waals surface area contributed by atoms with E-state index in [1.54, 1.807) is 0 Å². The van der Waals surface area contributed by atoms with Gasteiger partial charge in [0.15, 0.2) is 6.10 Å². The molecule has 1 aromatic rings. The maximum Gasteiger partial charge on any atom is 0.351 e. The fourth-order valence-electron chi connectivity index (χ4n) is 4.00. The van der Waals surface area contributed by atoms with Crippen molar-refractivity contribution in [3.05, 3.63) is 35.9 Å². The molecule has 1 amide bonds. The van der Waals surface area contributed by atoms with Crippen molar-refractivity contribution >= 4 is 19.5 Å². The number of hydrogen-bond donors (Lipinski definition) is 4. The Hall–Kier alpha value is -1.73. The third kappa shape index (κ3) is 8.73. The van der Waals surface area contributed by atoms with Gasteiger partial charge < -0.3 is 21.1 Å². The minimum atomic E-state index is -4.42. The van der Waals surface area contributed by atoms with Crippen LogP contribution in [0.15, 0.2) is 30.3 Å². The molecule has 9 heteroatoms. The molecule has 1 aromatic carbocycles. The van der Waals surface area contributed by atoms with Gasteiger partial charge in [0.05, 0.1) is 0 Å². The number of hydrogen-bond acceptors (Lipinski definition) is 5. The van der Waals surface area contributed by atoms with Crippen LogP contribution in [0, 0.1) is 5.92 Å². The van der Waals surface area contributed by atoms with Gasteiger partial charge >= 0.3 is 13.6 Å². The van der Waals surface area contributed by atoms with Gasteiger partial charge in [-0.15, -0.1) is 0 Å². The zero-order chi connectivity index (χ0) is 22.7. The Morgan fingerprint density at radius 2 is 1.84 bits per heavy atom. The van der Waals surface area contributed by atoms with Crippen LogP contribution in [0.5, 0.6) is 0 Å². The van der Waals surface area contributed by atoms with Gasteiger partial charge in [0.1, 0.15) is 5.78 Å². The summed E-state index contributed by atoms with van der Waals surface area (Å²) in [6.07, 6.45) is 4.69. The first-order chi connectivity index (χ1) is 14.8. The number of nitrogens with one attached hydrogen (secondary N) is 1. The quantitative estimate of drug-likeness (QED) is 0.264. The van der Waals surface area contributed by atoms with Crippen LogP contribution in [0.1, 0.15) is 63.4 Å². The van der Waals surface area contributed by atoms with Crippen molar-refractivity contribution in [1.82, 2.24) is 5.32 Å². The predicted molar refractivity (Wildman–Crippen MR) is 119 cm³/mol. The smallest absolute Gasteiger partial charge is 0.351 e. The molecule has 2 rings (SSSR count). The normalized spacial score (nSPS) is 18.6. The summed E-state index contributed by atoms with van der Waals surface area (Å²) in [4.78, 5) is 35.0. The molecule has 3 atom stereocenters. The summed E-state index contributed by atoms with van der Waals surface area (Å²) < 4.78 is 18.5. The number of carboxylic acids is 1. The van der Waals surface area contributed by atoms with Gasteiger partial charge in [-0.05, 0) is 56.6 Å². The predicted octanol–water partition coefficient (Wildman–Crippen LogP) is 3.43. The summed E-state index contributed by atoms with van der Waals surface area (Å²) in [7, 11) is -4.42. The molecule has 1 fully saturated rings. The third-order valence-corrected chi connectivity index (χ3v) is 7.52. The van der Waals surface area contributed by atoms with E-state index in [-0.39, 0.29) is 24.7 Å². The highest BCUT2D eigenvalue weighted by Gasteiger charge is 2.43. The lowest BCUT2D eigenvalue weighted by molar-refractivity contribution is -0.145. The van der Waals surface area contributed by atoms with Gasteiger partial charge in [0.2, 0.25) is 5.91 Å². The van der Waals surface area contributed by atoms with Crippen molar-refractivity contribution in [2.45, 2.75) is 76.1 Å². The van der Waals surface area contributed by atoms with Gasteiger partial charge in [-0.2, -0.15) is 0 Å². The molecule has 0 aromatic heterocycles. The van der Waals surface area contributed by atoms with E-state index >= 15 is 0 Å². The van der Waals surface area contributed by atoms with Crippen molar-refractivity contribution in [3.63, 3.8) is 0 Å². The van der Waals surface area contributed by atoms with E-state index in [1.165, 1.54) is 0 Å². The fourth-order valence-corrected chi connectivity index (χ4v) is 5.83. The molecule has 8 nitrogen and oxygen atoms in total. The topological polar surface area (TPSA) is 139 Å². The summed E-state index contributed by atoms with van der Waals surface area (Å²) in [5.41, 5.74) is 6.45. The van der Waals surface area contributed by atoms with E-state index in [0.717, 1.165) is 24.8 Å². The average molecular weight is 455 g/mol. The lowest BCUT2D eigenvalue weighted by Crippen LogP contribution is -2.42. The van der Waals surface area contributed by atoms with Crippen molar-refractivity contribution in [3.8, 4) is 0 Å². The molecule has 0 spiro atoms. The number of amides is 1. The molecule has 0 saturated heterocycles. The molecule has 2 unspecified atom stereocenters. The standard InChI is InChI=1S/C22H35N2O6P/c23-16-8-7-13-19(22(26)27)30-31(28,29)21(18-11-5-2-6-12-18)24-20(25)15-14-17-9-3-1-4-10-17/h1,3-4,9-10,18-19,21H,2,5-8,11-16,23H2,(H,24,25)(H,26,27)(H,28,29)/t19-,21?/m1/s1. The Morgan fingerprint density at radius 3 is 2.45 bits per heavy atom. The molecule has 0 bridgehead atoms. The number of benzene rings is 1. The highest BCUT2D eigenvalue weighted by atomic mass is 31.2. The highest BCUT2D eigenvalue weighted by Crippen LogP contribution is 2.53. The second kappa shape index (κ2) is 13.0. The van der Waals surface area contributed by atoms with Crippen LogP contribution in [-0.4, -0.2) is 40.3 Å². The SMILES string of the molecule is NCCCC[C@@H](OP(=O)(O)C(NC(=O)CCc1ccccc1)C1CCCCC1)C(=O)O. The molecule has 5 N–H and O–H groups in total. The number of carbonyl (C=O) groups excluding carboxylic acids is 1. The van der Waals surface area contributed by atoms with Gasteiger partial charge in [0, 0.05) is 6.42 Å². The van der Waals surface area contributed by atoms with Crippen molar-refractivity contribution in [2.75, 3.05) is 6.54 Å². The zero-order valence-corrected chi connectivity index (χ0v) is 18.8. The van der Waals surface area contributed by atoms with Gasteiger partial charge in [-0.3, -0.25) is 13.9 Å². The van der Waals surface area contributed by atoms with Crippen LogP contribution in [-0.2, 0) is 25.1 Å². The number of carbonyl (C=O) groups is 2. The molecular weight excluding hydrogens is 419 g/mol. The largest absolute Gasteiger partial charge is 0.479 e. The van der Waals surface area contributed by atoms with E-state index in [9.17, 15) is 24.2 Å². The zero-order valence-electron chi connectivity index (χ0n) is 17.9. The summed E-state index contributed by atoms with van der Waals surface area (Å²) in [6.45, 7) is 0.408. The van der Waals surface area contributed by atoms with E-state index < -0.39 is 25.5 Å². The lowest BCUT2D eigenvalue weighted by atomic mass is 9.89. The number of unbranched alkanes of at least 4 members (excludes halogenated alkanes) is 1. The molecule has 0 aliphatic heterocycles. The van der Waals surface area contributed by atoms with Gasteiger partial charge in [-0.1, -0.05) is 49.6 Å². The number of nitrogens with two attached hydrogens (primary N) is 1. The highest BCUT2D eigenvalue weighted by molar-refractivity contribution is 7.53. The number of rotatable bonds is 13. The molecular formula is C22H35N2O6P. The number of aliphatic carboxylic acids is 1. The van der Waals surface area contributed by atoms with Crippen molar-refractivity contribution < 1.29 is 28.7 Å². The Kier molecular flexibility index (Phi) is 10.7. The van der Waals surface area contributed by atoms with E-state index in [2.05, 4.69) is 5.32 Å². The maximum atomic E-state index is 13.2. The summed E-state index contributed by atoms with van der Waals surface area (Å²) in [6, 6.07) is 9.53. The lowest BCUT2D eigenvalue weighted by Gasteiger charge is -2.34. The monoisotopic (exact) mass is 454 g/mol. The first-order valence-corrected chi connectivity index (χ1v) is 12.7. The molecule has 1 aliphatic rings. The van der Waals surface area contributed by atoms with Crippen LogP contribution in [0.4, 0.5) is 0 Å². The van der Waals surface area contributed by atoms with E-state index in [0.29, 0.717) is 38.6 Å². The van der Waals surface area contributed by atoms with Crippen LogP contribution in [0.3, 0.4) is 0 Å². The van der Waals surface area contributed by atoms with Gasteiger partial charge in [-0.25, -0.2) is 4.79 Å². The molecule has 1 saturated carbocycles. The average Bonchev–Trinajstić information content (AvgIpc) is 2.76. The summed E-state index contributed by atoms with van der Waals surface area (Å²) >= 11 is 0. The van der Waals surface area contributed by atoms with E-state index in [1.807, 2.05) is 30.3 Å². The Balaban J connectivity index is 2.08.